The van der Waals surface area contributed by atoms with Crippen molar-refractivity contribution < 1.29 is 27.3 Å². The number of piperidine rings is 1. The molecule has 0 saturated carbocycles. The summed E-state index contributed by atoms with van der Waals surface area (Å²) in [6.45, 7) is 2.86. The molecule has 1 aliphatic heterocycles. The van der Waals surface area contributed by atoms with Gasteiger partial charge in [0.2, 0.25) is 0 Å². The predicted octanol–water partition coefficient (Wildman–Crippen LogP) is 3.69. The summed E-state index contributed by atoms with van der Waals surface area (Å²) in [5.41, 5.74) is 2.68. The van der Waals surface area contributed by atoms with Crippen molar-refractivity contribution in [2.24, 2.45) is 0 Å². The summed E-state index contributed by atoms with van der Waals surface area (Å²) in [4.78, 5) is 12.5. The van der Waals surface area contributed by atoms with Gasteiger partial charge in [-0.15, -0.1) is 0 Å². The Bertz CT molecular complexity index is 779. The van der Waals surface area contributed by atoms with Crippen molar-refractivity contribution in [2.45, 2.75) is 31.8 Å². The first-order valence-corrected chi connectivity index (χ1v) is 9.38. The van der Waals surface area contributed by atoms with Crippen LogP contribution in [0.5, 0.6) is 0 Å². The van der Waals surface area contributed by atoms with E-state index in [1.54, 1.807) is 6.26 Å². The highest BCUT2D eigenvalue weighted by molar-refractivity contribution is 7.74. The highest BCUT2D eigenvalue weighted by Crippen LogP contribution is 2.37. The van der Waals surface area contributed by atoms with Crippen molar-refractivity contribution in [3.63, 3.8) is 0 Å². The lowest BCUT2D eigenvalue weighted by Gasteiger charge is -2.30. The number of benzene rings is 1. The van der Waals surface area contributed by atoms with E-state index in [1.807, 2.05) is 37.3 Å². The fourth-order valence-corrected chi connectivity index (χ4v) is 3.70. The van der Waals surface area contributed by atoms with Crippen LogP contribution in [0.2, 0.25) is 0 Å². The monoisotopic (exact) mass is 379 g/mol. The number of hydrogen-bond acceptors (Lipinski definition) is 4. The molecule has 3 rings (SSSR count). The number of amides is 1. The SMILES string of the molecule is Cc1ccc(C(OS(=O)O)c2occc2C2CCN(C(=O)O)CC2)cc1. The van der Waals surface area contributed by atoms with Crippen LogP contribution in [0.1, 0.15) is 47.3 Å². The number of nitrogens with zero attached hydrogens (tertiary/aromatic N) is 1. The summed E-state index contributed by atoms with van der Waals surface area (Å²) in [6, 6.07) is 9.32. The summed E-state index contributed by atoms with van der Waals surface area (Å²) < 4.78 is 31.5. The van der Waals surface area contributed by atoms with Crippen molar-refractivity contribution in [1.82, 2.24) is 4.90 Å². The third-order valence-corrected chi connectivity index (χ3v) is 5.09. The Morgan fingerprint density at radius 2 is 1.92 bits per heavy atom. The second-order valence-corrected chi connectivity index (χ2v) is 7.01. The van der Waals surface area contributed by atoms with E-state index in [2.05, 4.69) is 0 Å². The Labute approximate surface area is 154 Å². The average Bonchev–Trinajstić information content (AvgIpc) is 3.10. The molecule has 1 aliphatic rings. The van der Waals surface area contributed by atoms with Crippen molar-refractivity contribution >= 4 is 17.5 Å². The Balaban J connectivity index is 1.87. The Kier molecular flexibility index (Phi) is 5.75. The largest absolute Gasteiger partial charge is 0.466 e. The van der Waals surface area contributed by atoms with Gasteiger partial charge in [0.15, 0.2) is 6.10 Å². The molecule has 26 heavy (non-hydrogen) atoms. The molecule has 140 valence electrons. The van der Waals surface area contributed by atoms with Gasteiger partial charge >= 0.3 is 17.5 Å². The zero-order chi connectivity index (χ0) is 18.7. The molecule has 1 fully saturated rings. The minimum atomic E-state index is -2.46. The lowest BCUT2D eigenvalue weighted by atomic mass is 9.88. The lowest BCUT2D eigenvalue weighted by molar-refractivity contribution is 0.131. The Morgan fingerprint density at radius 3 is 2.50 bits per heavy atom. The van der Waals surface area contributed by atoms with E-state index in [4.69, 9.17) is 13.7 Å². The van der Waals surface area contributed by atoms with E-state index >= 15 is 0 Å². The van der Waals surface area contributed by atoms with Crippen LogP contribution >= 0.6 is 0 Å². The highest BCUT2D eigenvalue weighted by atomic mass is 32.2. The first kappa shape index (κ1) is 18.6. The quantitative estimate of drug-likeness (QED) is 0.769. The molecular formula is C18H21NO6S. The van der Waals surface area contributed by atoms with E-state index in [1.165, 1.54) is 4.90 Å². The van der Waals surface area contributed by atoms with Crippen molar-refractivity contribution in [3.8, 4) is 0 Å². The molecule has 1 saturated heterocycles. The van der Waals surface area contributed by atoms with Gasteiger partial charge < -0.3 is 14.4 Å². The van der Waals surface area contributed by atoms with Crippen LogP contribution in [0.3, 0.4) is 0 Å². The van der Waals surface area contributed by atoms with Crippen LogP contribution in [0.15, 0.2) is 41.0 Å². The van der Waals surface area contributed by atoms with Crippen LogP contribution in [0, 0.1) is 6.92 Å². The summed E-state index contributed by atoms with van der Waals surface area (Å²) in [5.74, 6) is 0.605. The van der Waals surface area contributed by atoms with Gasteiger partial charge in [-0.2, -0.15) is 4.21 Å². The fraction of sp³-hybridized carbons (Fsp3) is 0.389. The van der Waals surface area contributed by atoms with Gasteiger partial charge in [0.1, 0.15) is 5.76 Å². The minimum Gasteiger partial charge on any atom is -0.466 e. The first-order chi connectivity index (χ1) is 12.5. The molecule has 2 heterocycles. The maximum absolute atomic E-state index is 11.3. The van der Waals surface area contributed by atoms with Gasteiger partial charge in [-0.05, 0) is 42.9 Å². The number of likely N-dealkylation sites (tertiary alicyclic amines) is 1. The summed E-state index contributed by atoms with van der Waals surface area (Å²) in [7, 11) is 0. The summed E-state index contributed by atoms with van der Waals surface area (Å²) in [6.07, 6.45) is 1.17. The third kappa shape index (κ3) is 4.14. The molecule has 2 unspecified atom stereocenters. The molecule has 1 aromatic carbocycles. The molecule has 8 heteroatoms. The highest BCUT2D eigenvalue weighted by Gasteiger charge is 2.30. The number of carbonyl (C=O) groups is 1. The van der Waals surface area contributed by atoms with Crippen molar-refractivity contribution in [1.29, 1.82) is 0 Å². The normalized spacial score (nSPS) is 17.8. The molecule has 0 radical (unpaired) electrons. The number of furan rings is 1. The maximum atomic E-state index is 11.3. The van der Waals surface area contributed by atoms with Gasteiger partial charge in [0.05, 0.1) is 6.26 Å². The van der Waals surface area contributed by atoms with E-state index < -0.39 is 23.6 Å². The molecule has 0 aliphatic carbocycles. The molecule has 2 N–H and O–H groups in total. The van der Waals surface area contributed by atoms with E-state index in [9.17, 15) is 13.6 Å². The maximum Gasteiger partial charge on any atom is 0.407 e. The Morgan fingerprint density at radius 1 is 1.27 bits per heavy atom. The standard InChI is InChI=1S/C18H21NO6S/c1-12-2-4-14(5-3-12)16(25-26(22)23)17-15(8-11-24-17)13-6-9-19(10-7-13)18(20)21/h2-5,8,11,13,16H,6-7,9-10H2,1H3,(H,20,21)(H,22,23). The topological polar surface area (TPSA) is 100 Å². The van der Waals surface area contributed by atoms with Gasteiger partial charge in [0, 0.05) is 13.1 Å². The van der Waals surface area contributed by atoms with Gasteiger partial charge in [-0.25, -0.2) is 4.79 Å². The lowest BCUT2D eigenvalue weighted by Crippen LogP contribution is -2.36. The number of aryl methyl sites for hydroxylation is 1. The van der Waals surface area contributed by atoms with Crippen LogP contribution in [0.25, 0.3) is 0 Å². The number of hydrogen-bond donors (Lipinski definition) is 2. The number of carboxylic acid groups (broad SMARTS) is 1. The van der Waals surface area contributed by atoms with Crippen LogP contribution < -0.4 is 0 Å². The van der Waals surface area contributed by atoms with E-state index in [0.29, 0.717) is 31.7 Å². The zero-order valence-corrected chi connectivity index (χ0v) is 15.1. The van der Waals surface area contributed by atoms with Crippen LogP contribution in [0.4, 0.5) is 4.79 Å². The summed E-state index contributed by atoms with van der Waals surface area (Å²) in [5, 5.41) is 9.09. The van der Waals surface area contributed by atoms with E-state index in [-0.39, 0.29) is 5.92 Å². The van der Waals surface area contributed by atoms with Crippen LogP contribution in [-0.4, -0.2) is 38.0 Å². The molecule has 7 nitrogen and oxygen atoms in total. The second kappa shape index (κ2) is 8.03. The summed E-state index contributed by atoms with van der Waals surface area (Å²) >= 11 is -2.46. The van der Waals surface area contributed by atoms with Gasteiger partial charge in [-0.1, -0.05) is 29.8 Å². The predicted molar refractivity (Wildman–Crippen MR) is 95.2 cm³/mol. The van der Waals surface area contributed by atoms with Crippen molar-refractivity contribution in [2.75, 3.05) is 13.1 Å². The third-order valence-electron chi connectivity index (χ3n) is 4.73. The van der Waals surface area contributed by atoms with Crippen LogP contribution in [-0.2, 0) is 15.5 Å². The minimum absolute atomic E-state index is 0.114. The molecule has 0 spiro atoms. The average molecular weight is 379 g/mol. The smallest absolute Gasteiger partial charge is 0.407 e. The molecule has 2 atom stereocenters. The molecule has 1 aromatic heterocycles. The molecular weight excluding hydrogens is 358 g/mol. The van der Waals surface area contributed by atoms with Gasteiger partial charge in [0.25, 0.3) is 0 Å². The van der Waals surface area contributed by atoms with Gasteiger partial charge in [-0.3, -0.25) is 8.74 Å². The zero-order valence-electron chi connectivity index (χ0n) is 14.3. The van der Waals surface area contributed by atoms with Crippen molar-refractivity contribution in [3.05, 3.63) is 59.0 Å². The number of rotatable bonds is 5. The second-order valence-electron chi connectivity index (χ2n) is 6.39. The first-order valence-electron chi connectivity index (χ1n) is 8.35. The Hall–Kier alpha value is -2.16. The fourth-order valence-electron chi connectivity index (χ4n) is 3.34. The molecule has 1 amide bonds. The van der Waals surface area contributed by atoms with E-state index in [0.717, 1.165) is 16.7 Å². The molecule has 2 aromatic rings. The molecule has 0 bridgehead atoms.